The van der Waals surface area contributed by atoms with Gasteiger partial charge in [0.15, 0.2) is 28.2 Å². The monoisotopic (exact) mass is 411 g/mol. The molecule has 0 spiro atoms. The molecule has 0 aliphatic carbocycles. The molecule has 3 heterocycles. The number of benzene rings is 1. The van der Waals surface area contributed by atoms with E-state index in [1.165, 1.54) is 5.56 Å². The molecule has 29 heavy (non-hydrogen) atoms. The van der Waals surface area contributed by atoms with Gasteiger partial charge in [-0.3, -0.25) is 0 Å². The number of ether oxygens (including phenoxy) is 2. The maximum atomic E-state index is 5.58. The zero-order valence-corrected chi connectivity index (χ0v) is 17.7. The summed E-state index contributed by atoms with van der Waals surface area (Å²) in [6.07, 6.45) is 1.71. The average Bonchev–Trinajstić information content (AvgIpc) is 3.38. The van der Waals surface area contributed by atoms with Gasteiger partial charge in [-0.2, -0.15) is 0 Å². The lowest BCUT2D eigenvalue weighted by Crippen LogP contribution is -2.06. The van der Waals surface area contributed by atoms with Crippen LogP contribution in [0.5, 0.6) is 11.5 Å². The van der Waals surface area contributed by atoms with Gasteiger partial charge in [-0.05, 0) is 30.5 Å². The van der Waals surface area contributed by atoms with Crippen molar-refractivity contribution in [3.05, 3.63) is 42.1 Å². The van der Waals surface area contributed by atoms with E-state index in [0.717, 1.165) is 29.7 Å². The molecule has 1 aliphatic rings. The summed E-state index contributed by atoms with van der Waals surface area (Å²) in [4.78, 5) is 4.45. The van der Waals surface area contributed by atoms with Crippen molar-refractivity contribution in [3.8, 4) is 23.0 Å². The highest BCUT2D eigenvalue weighted by molar-refractivity contribution is 7.99. The van der Waals surface area contributed by atoms with Crippen LogP contribution in [-0.2, 0) is 6.54 Å². The maximum Gasteiger partial charge on any atom is 0.231 e. The van der Waals surface area contributed by atoms with Crippen LogP contribution in [0.4, 0.5) is 5.69 Å². The van der Waals surface area contributed by atoms with Crippen molar-refractivity contribution in [1.29, 1.82) is 0 Å². The first kappa shape index (κ1) is 19.6. The lowest BCUT2D eigenvalue weighted by atomic mass is 10.0. The topological polar surface area (TPSA) is 74.1 Å². The summed E-state index contributed by atoms with van der Waals surface area (Å²) in [5.41, 5.74) is 3.15. The zero-order chi connectivity index (χ0) is 20.2. The molecule has 4 rings (SSSR count). The van der Waals surface area contributed by atoms with Crippen LogP contribution in [0.25, 0.3) is 11.5 Å². The van der Waals surface area contributed by atoms with Gasteiger partial charge in [0.1, 0.15) is 0 Å². The lowest BCUT2D eigenvalue weighted by molar-refractivity contribution is 0.174. The summed E-state index contributed by atoms with van der Waals surface area (Å²) >= 11 is 1.67. The minimum Gasteiger partial charge on any atom is -0.453 e. The predicted octanol–water partition coefficient (Wildman–Crippen LogP) is 4.42. The maximum absolute atomic E-state index is 5.58. The van der Waals surface area contributed by atoms with Crippen molar-refractivity contribution in [2.45, 2.75) is 38.4 Å². The van der Waals surface area contributed by atoms with Crippen LogP contribution < -0.4 is 14.8 Å². The molecule has 1 N–H and O–H groups in total. The van der Waals surface area contributed by atoms with Crippen LogP contribution in [-0.4, -0.2) is 38.8 Å². The Labute approximate surface area is 174 Å². The third-order valence-corrected chi connectivity index (χ3v) is 5.74. The number of fused-ring (bicyclic) bond motifs is 1. The van der Waals surface area contributed by atoms with Crippen LogP contribution in [0.15, 0.2) is 41.7 Å². The van der Waals surface area contributed by atoms with E-state index < -0.39 is 0 Å². The molecule has 0 bridgehead atoms. The quantitative estimate of drug-likeness (QED) is 0.434. The summed E-state index contributed by atoms with van der Waals surface area (Å²) in [5.74, 6) is 3.46. The number of nitrogens with zero attached hydrogens (tertiary/aromatic N) is 4. The van der Waals surface area contributed by atoms with Gasteiger partial charge in [-0.15, -0.1) is 10.2 Å². The van der Waals surface area contributed by atoms with Gasteiger partial charge in [0.2, 0.25) is 6.79 Å². The van der Waals surface area contributed by atoms with Crippen LogP contribution in [0.2, 0.25) is 0 Å². The number of aromatic nitrogens is 4. The third kappa shape index (κ3) is 4.17. The third-order valence-electron chi connectivity index (χ3n) is 4.77. The molecule has 8 heteroatoms. The summed E-state index contributed by atoms with van der Waals surface area (Å²) in [5, 5.41) is 13.1. The van der Waals surface area contributed by atoms with E-state index in [1.807, 2.05) is 0 Å². The Morgan fingerprint density at radius 1 is 1.14 bits per heavy atom. The average molecular weight is 412 g/mol. The molecule has 0 saturated heterocycles. The van der Waals surface area contributed by atoms with Crippen LogP contribution in [0, 0.1) is 0 Å². The molecule has 0 amide bonds. The lowest BCUT2D eigenvalue weighted by Gasteiger charge is -2.10. The highest BCUT2D eigenvalue weighted by Crippen LogP contribution is 2.39. The van der Waals surface area contributed by atoms with Crippen molar-refractivity contribution < 1.29 is 9.47 Å². The Morgan fingerprint density at radius 2 is 1.97 bits per heavy atom. The smallest absolute Gasteiger partial charge is 0.231 e. The van der Waals surface area contributed by atoms with Gasteiger partial charge >= 0.3 is 0 Å². The number of pyridine rings is 1. The number of thioether (sulfide) groups is 1. The number of hydrogen-bond donors (Lipinski definition) is 1. The van der Waals surface area contributed by atoms with Gasteiger partial charge in [-0.25, -0.2) is 4.98 Å². The molecule has 1 aliphatic heterocycles. The van der Waals surface area contributed by atoms with E-state index in [2.05, 4.69) is 70.1 Å². The molecule has 1 aromatic carbocycles. The Bertz CT molecular complexity index is 972. The molecule has 7 nitrogen and oxygen atoms in total. The fraction of sp³-hybridized carbons (Fsp3) is 0.381. The van der Waals surface area contributed by atoms with Gasteiger partial charge in [0, 0.05) is 36.8 Å². The minimum atomic E-state index is 0.208. The summed E-state index contributed by atoms with van der Waals surface area (Å²) in [7, 11) is 0. The highest BCUT2D eigenvalue weighted by Gasteiger charge is 2.24. The first-order valence-electron chi connectivity index (χ1n) is 9.82. The van der Waals surface area contributed by atoms with Gasteiger partial charge < -0.3 is 19.4 Å². The standard InChI is InChI=1S/C21H25N5O2S/c1-4-26-20(18-19-17(9-10-23-18)27-13-28-19)24-25-21(26)29-12-11-22-16-7-5-15(6-8-16)14(2)3/h5-10,14,22H,4,11-13H2,1-3H3. The van der Waals surface area contributed by atoms with E-state index in [0.29, 0.717) is 28.9 Å². The first-order chi connectivity index (χ1) is 14.2. The SMILES string of the molecule is CCn1c(SCCNc2ccc(C(C)C)cc2)nnc1-c1nccc2c1OCO2. The van der Waals surface area contributed by atoms with E-state index in [-0.39, 0.29) is 6.79 Å². The number of rotatable bonds is 8. The van der Waals surface area contributed by atoms with E-state index in [1.54, 1.807) is 24.0 Å². The molecule has 2 aromatic heterocycles. The van der Waals surface area contributed by atoms with E-state index in [4.69, 9.17) is 9.47 Å². The van der Waals surface area contributed by atoms with E-state index in [9.17, 15) is 0 Å². The number of nitrogens with one attached hydrogen (secondary N) is 1. The Kier molecular flexibility index (Phi) is 5.89. The fourth-order valence-electron chi connectivity index (χ4n) is 3.17. The van der Waals surface area contributed by atoms with Crippen molar-refractivity contribution in [2.75, 3.05) is 24.4 Å². The second kappa shape index (κ2) is 8.73. The summed E-state index contributed by atoms with van der Waals surface area (Å²) in [6.45, 7) is 8.28. The minimum absolute atomic E-state index is 0.208. The Balaban J connectivity index is 1.39. The summed E-state index contributed by atoms with van der Waals surface area (Å²) in [6, 6.07) is 10.4. The normalized spacial score (nSPS) is 12.6. The van der Waals surface area contributed by atoms with Crippen LogP contribution in [0.3, 0.4) is 0 Å². The second-order valence-corrected chi connectivity index (χ2v) is 8.06. The molecule has 152 valence electrons. The van der Waals surface area contributed by atoms with Gasteiger partial charge in [0.05, 0.1) is 0 Å². The van der Waals surface area contributed by atoms with Crippen molar-refractivity contribution in [2.24, 2.45) is 0 Å². The molecule has 3 aromatic rings. The van der Waals surface area contributed by atoms with Crippen molar-refractivity contribution in [1.82, 2.24) is 19.7 Å². The molecule has 0 unspecified atom stereocenters. The van der Waals surface area contributed by atoms with Gasteiger partial charge in [-0.1, -0.05) is 37.7 Å². The van der Waals surface area contributed by atoms with Gasteiger partial charge in [0.25, 0.3) is 0 Å². The first-order valence-corrected chi connectivity index (χ1v) is 10.8. The molecule has 0 saturated carbocycles. The van der Waals surface area contributed by atoms with Crippen molar-refractivity contribution in [3.63, 3.8) is 0 Å². The predicted molar refractivity (Wildman–Crippen MR) is 115 cm³/mol. The molecule has 0 atom stereocenters. The zero-order valence-electron chi connectivity index (χ0n) is 16.9. The Hall–Kier alpha value is -2.74. The number of anilines is 1. The fourth-order valence-corrected chi connectivity index (χ4v) is 4.03. The molecule has 0 fully saturated rings. The second-order valence-electron chi connectivity index (χ2n) is 7.00. The van der Waals surface area contributed by atoms with Crippen LogP contribution >= 0.6 is 11.8 Å². The number of hydrogen-bond acceptors (Lipinski definition) is 7. The largest absolute Gasteiger partial charge is 0.453 e. The Morgan fingerprint density at radius 3 is 2.72 bits per heavy atom. The molecule has 0 radical (unpaired) electrons. The van der Waals surface area contributed by atoms with Crippen molar-refractivity contribution >= 4 is 17.4 Å². The highest BCUT2D eigenvalue weighted by atomic mass is 32.2. The molecular weight excluding hydrogens is 386 g/mol. The van der Waals surface area contributed by atoms with Crippen LogP contribution in [0.1, 0.15) is 32.3 Å². The summed E-state index contributed by atoms with van der Waals surface area (Å²) < 4.78 is 13.1. The molecular formula is C21H25N5O2S. The van der Waals surface area contributed by atoms with E-state index >= 15 is 0 Å².